The Bertz CT molecular complexity index is 544. The summed E-state index contributed by atoms with van der Waals surface area (Å²) < 4.78 is 11.2. The number of aromatic nitrogens is 1. The minimum atomic E-state index is 0.562. The maximum absolute atomic E-state index is 6.02. The van der Waals surface area contributed by atoms with Crippen LogP contribution >= 0.6 is 38.9 Å². The van der Waals surface area contributed by atoms with Crippen molar-refractivity contribution in [3.05, 3.63) is 27.8 Å². The molecule has 1 aromatic heterocycles. The lowest BCUT2D eigenvalue weighted by atomic mass is 10.2. The summed E-state index contributed by atoms with van der Waals surface area (Å²) in [6, 6.07) is 3.65. The van der Waals surface area contributed by atoms with Crippen molar-refractivity contribution in [1.82, 2.24) is 4.98 Å². The molecule has 1 aromatic carbocycles. The van der Waals surface area contributed by atoms with E-state index in [2.05, 4.69) is 20.9 Å². The molecule has 2 rings (SSSR count). The van der Waals surface area contributed by atoms with Crippen molar-refractivity contribution in [2.24, 2.45) is 0 Å². The number of halogens is 2. The first-order valence-electron chi connectivity index (χ1n) is 4.69. The SMILES string of the molecule is COc1cnc(-c2cc(OC)c(Cl)cc2Br)s1. The van der Waals surface area contributed by atoms with Gasteiger partial charge in [0, 0.05) is 10.0 Å². The summed E-state index contributed by atoms with van der Waals surface area (Å²) in [5.41, 5.74) is 0.930. The monoisotopic (exact) mass is 333 g/mol. The van der Waals surface area contributed by atoms with Crippen molar-refractivity contribution in [3.63, 3.8) is 0 Å². The van der Waals surface area contributed by atoms with Crippen LogP contribution in [0.15, 0.2) is 22.8 Å². The van der Waals surface area contributed by atoms with Crippen LogP contribution in [0.5, 0.6) is 10.8 Å². The molecule has 90 valence electrons. The zero-order valence-electron chi connectivity index (χ0n) is 9.16. The molecule has 0 amide bonds. The Morgan fingerprint density at radius 3 is 2.65 bits per heavy atom. The summed E-state index contributed by atoms with van der Waals surface area (Å²) >= 11 is 11.0. The third-order valence-electron chi connectivity index (χ3n) is 2.16. The molecule has 0 atom stereocenters. The van der Waals surface area contributed by atoms with Gasteiger partial charge in [0.05, 0.1) is 25.4 Å². The topological polar surface area (TPSA) is 31.4 Å². The van der Waals surface area contributed by atoms with Gasteiger partial charge >= 0.3 is 0 Å². The van der Waals surface area contributed by atoms with Gasteiger partial charge in [-0.25, -0.2) is 4.98 Å². The lowest BCUT2D eigenvalue weighted by molar-refractivity contribution is 0.415. The zero-order chi connectivity index (χ0) is 12.4. The molecular weight excluding hydrogens is 326 g/mol. The molecule has 0 fully saturated rings. The molecule has 0 aliphatic carbocycles. The zero-order valence-corrected chi connectivity index (χ0v) is 12.3. The standard InChI is InChI=1S/C11H9BrClNO2S/c1-15-9-3-6(7(12)4-8(9)13)11-14-5-10(16-2)17-11/h3-5H,1-2H3. The van der Waals surface area contributed by atoms with Crippen molar-refractivity contribution in [2.75, 3.05) is 14.2 Å². The molecule has 0 aliphatic rings. The molecule has 0 aliphatic heterocycles. The number of hydrogen-bond donors (Lipinski definition) is 0. The summed E-state index contributed by atoms with van der Waals surface area (Å²) in [6.07, 6.45) is 1.69. The van der Waals surface area contributed by atoms with E-state index in [1.807, 2.05) is 6.07 Å². The predicted octanol–water partition coefficient (Wildman–Crippen LogP) is 4.24. The summed E-state index contributed by atoms with van der Waals surface area (Å²) in [5.74, 6) is 0.624. The van der Waals surface area contributed by atoms with Crippen molar-refractivity contribution in [3.8, 4) is 21.4 Å². The van der Waals surface area contributed by atoms with Gasteiger partial charge < -0.3 is 9.47 Å². The number of hydrogen-bond acceptors (Lipinski definition) is 4. The van der Waals surface area contributed by atoms with Crippen LogP contribution in [0, 0.1) is 0 Å². The van der Waals surface area contributed by atoms with Crippen molar-refractivity contribution in [2.45, 2.75) is 0 Å². The number of ether oxygens (including phenoxy) is 2. The molecule has 0 radical (unpaired) electrons. The number of benzene rings is 1. The fourth-order valence-electron chi connectivity index (χ4n) is 1.33. The minimum Gasteiger partial charge on any atom is -0.495 e. The summed E-state index contributed by atoms with van der Waals surface area (Å²) in [6.45, 7) is 0. The lowest BCUT2D eigenvalue weighted by Gasteiger charge is -2.07. The Balaban J connectivity index is 2.50. The van der Waals surface area contributed by atoms with Gasteiger partial charge in [-0.05, 0) is 12.1 Å². The predicted molar refractivity (Wildman–Crippen MR) is 73.4 cm³/mol. The Labute approximate surface area is 116 Å². The molecule has 3 nitrogen and oxygen atoms in total. The van der Waals surface area contributed by atoms with Crippen molar-refractivity contribution < 1.29 is 9.47 Å². The summed E-state index contributed by atoms with van der Waals surface area (Å²) in [7, 11) is 3.20. The van der Waals surface area contributed by atoms with E-state index in [9.17, 15) is 0 Å². The largest absolute Gasteiger partial charge is 0.495 e. The number of rotatable bonds is 3. The maximum atomic E-state index is 6.02. The summed E-state index contributed by atoms with van der Waals surface area (Å²) in [4.78, 5) is 4.29. The molecule has 0 N–H and O–H groups in total. The van der Waals surface area contributed by atoms with Crippen LogP contribution in [-0.4, -0.2) is 19.2 Å². The highest BCUT2D eigenvalue weighted by Gasteiger charge is 2.12. The second-order valence-electron chi connectivity index (χ2n) is 3.16. The van der Waals surface area contributed by atoms with E-state index in [4.69, 9.17) is 21.1 Å². The van der Waals surface area contributed by atoms with E-state index in [0.717, 1.165) is 20.1 Å². The quantitative estimate of drug-likeness (QED) is 0.841. The van der Waals surface area contributed by atoms with Crippen LogP contribution in [0.1, 0.15) is 0 Å². The first kappa shape index (κ1) is 12.7. The van der Waals surface area contributed by atoms with Crippen LogP contribution in [0.2, 0.25) is 5.02 Å². The molecule has 6 heteroatoms. The van der Waals surface area contributed by atoms with Gasteiger partial charge in [-0.3, -0.25) is 0 Å². The first-order chi connectivity index (χ1) is 8.15. The van der Waals surface area contributed by atoms with Crippen LogP contribution < -0.4 is 9.47 Å². The van der Waals surface area contributed by atoms with Crippen LogP contribution in [0.3, 0.4) is 0 Å². The molecular formula is C11H9BrClNO2S. The van der Waals surface area contributed by atoms with Gasteiger partial charge in [-0.15, -0.1) is 0 Å². The van der Waals surface area contributed by atoms with Gasteiger partial charge in [0.15, 0.2) is 5.06 Å². The minimum absolute atomic E-state index is 0.562. The van der Waals surface area contributed by atoms with Gasteiger partial charge in [0.2, 0.25) is 0 Å². The van der Waals surface area contributed by atoms with Crippen LogP contribution in [0.4, 0.5) is 0 Å². The number of thiazole rings is 1. The highest BCUT2D eigenvalue weighted by molar-refractivity contribution is 9.10. The average molecular weight is 335 g/mol. The highest BCUT2D eigenvalue weighted by atomic mass is 79.9. The van der Waals surface area contributed by atoms with E-state index in [1.165, 1.54) is 11.3 Å². The Morgan fingerprint density at radius 2 is 2.06 bits per heavy atom. The van der Waals surface area contributed by atoms with Crippen molar-refractivity contribution >= 4 is 38.9 Å². The Morgan fingerprint density at radius 1 is 1.29 bits per heavy atom. The van der Waals surface area contributed by atoms with E-state index in [0.29, 0.717) is 10.8 Å². The second-order valence-corrected chi connectivity index (χ2v) is 5.41. The Hall–Kier alpha value is -0.780. The van der Waals surface area contributed by atoms with Gasteiger partial charge in [-0.1, -0.05) is 38.9 Å². The highest BCUT2D eigenvalue weighted by Crippen LogP contribution is 2.39. The lowest BCUT2D eigenvalue weighted by Crippen LogP contribution is -1.86. The summed E-state index contributed by atoms with van der Waals surface area (Å²) in [5, 5.41) is 2.18. The van der Waals surface area contributed by atoms with Crippen LogP contribution in [-0.2, 0) is 0 Å². The molecule has 0 spiro atoms. The smallest absolute Gasteiger partial charge is 0.194 e. The Kier molecular flexibility index (Phi) is 3.91. The van der Waals surface area contributed by atoms with Crippen LogP contribution in [0.25, 0.3) is 10.6 Å². The first-order valence-corrected chi connectivity index (χ1v) is 6.67. The second kappa shape index (κ2) is 5.25. The molecule has 2 aromatic rings. The molecule has 0 bridgehead atoms. The van der Waals surface area contributed by atoms with Gasteiger partial charge in [-0.2, -0.15) is 0 Å². The van der Waals surface area contributed by atoms with E-state index < -0.39 is 0 Å². The fraction of sp³-hybridized carbons (Fsp3) is 0.182. The van der Waals surface area contributed by atoms with E-state index in [1.54, 1.807) is 26.5 Å². The normalized spacial score (nSPS) is 10.4. The molecule has 0 saturated carbocycles. The maximum Gasteiger partial charge on any atom is 0.194 e. The van der Waals surface area contributed by atoms with E-state index >= 15 is 0 Å². The van der Waals surface area contributed by atoms with Gasteiger partial charge in [0.25, 0.3) is 0 Å². The molecule has 1 heterocycles. The molecule has 0 unspecified atom stereocenters. The number of methoxy groups -OCH3 is 2. The molecule has 0 saturated heterocycles. The van der Waals surface area contributed by atoms with Gasteiger partial charge in [0.1, 0.15) is 10.8 Å². The fourth-order valence-corrected chi connectivity index (χ4v) is 3.13. The number of nitrogens with zero attached hydrogens (tertiary/aromatic N) is 1. The van der Waals surface area contributed by atoms with E-state index in [-0.39, 0.29) is 0 Å². The average Bonchev–Trinajstić information content (AvgIpc) is 2.78. The van der Waals surface area contributed by atoms with Crippen molar-refractivity contribution in [1.29, 1.82) is 0 Å². The third-order valence-corrected chi connectivity index (χ3v) is 4.10. The third kappa shape index (κ3) is 2.56. The molecule has 17 heavy (non-hydrogen) atoms.